The summed E-state index contributed by atoms with van der Waals surface area (Å²) in [5, 5.41) is 24.8. The maximum absolute atomic E-state index is 13.3. The van der Waals surface area contributed by atoms with Gasteiger partial charge >= 0.3 is 0 Å². The summed E-state index contributed by atoms with van der Waals surface area (Å²) in [5.41, 5.74) is 3.31. The number of benzene rings is 5. The van der Waals surface area contributed by atoms with Gasteiger partial charge in [-0.3, -0.25) is 15.0 Å². The maximum atomic E-state index is 13.3. The first kappa shape index (κ1) is 33.5. The molecule has 0 aromatic heterocycles. The zero-order valence-electron chi connectivity index (χ0n) is 30.2. The van der Waals surface area contributed by atoms with Crippen molar-refractivity contribution < 1.29 is 24.2 Å². The van der Waals surface area contributed by atoms with Crippen LogP contribution in [-0.4, -0.2) is 51.9 Å². The van der Waals surface area contributed by atoms with Crippen molar-refractivity contribution in [1.29, 1.82) is 0 Å². The molecule has 5 aromatic carbocycles. The molecule has 5 atom stereocenters. The molecule has 3 aliphatic carbocycles. The first-order valence-corrected chi connectivity index (χ1v) is 19.4. The van der Waals surface area contributed by atoms with Crippen molar-refractivity contribution in [2.75, 3.05) is 13.1 Å². The van der Waals surface area contributed by atoms with Crippen LogP contribution in [0.3, 0.4) is 0 Å². The van der Waals surface area contributed by atoms with Gasteiger partial charge in [-0.2, -0.15) is 0 Å². The molecule has 0 amide bonds. The van der Waals surface area contributed by atoms with Crippen molar-refractivity contribution in [1.82, 2.24) is 4.90 Å². The molecular weight excluding hydrogens is 677 g/mol. The van der Waals surface area contributed by atoms with E-state index in [0.29, 0.717) is 30.3 Å². The molecule has 2 heterocycles. The minimum absolute atomic E-state index is 0.0158. The van der Waals surface area contributed by atoms with Gasteiger partial charge in [0.2, 0.25) is 0 Å². The smallest absolute Gasteiger partial charge is 0.269 e. The summed E-state index contributed by atoms with van der Waals surface area (Å²) in [6, 6.07) is 42.0. The molecule has 0 unspecified atom stereocenters. The van der Waals surface area contributed by atoms with Crippen LogP contribution in [0.25, 0.3) is 0 Å². The van der Waals surface area contributed by atoms with Crippen LogP contribution < -0.4 is 9.47 Å². The molecular formula is C46H44N2O6. The van der Waals surface area contributed by atoms with E-state index < -0.39 is 22.7 Å². The minimum Gasteiger partial charge on any atom is -0.482 e. The fourth-order valence-electron chi connectivity index (χ4n) is 10.5. The van der Waals surface area contributed by atoms with Crippen molar-refractivity contribution in [3.8, 4) is 11.5 Å². The molecule has 5 aromatic rings. The van der Waals surface area contributed by atoms with E-state index in [-0.39, 0.29) is 29.4 Å². The highest BCUT2D eigenvalue weighted by Crippen LogP contribution is 2.66. The first-order valence-electron chi connectivity index (χ1n) is 19.4. The summed E-state index contributed by atoms with van der Waals surface area (Å²) >= 11 is 0. The number of nitrogens with zero attached hydrogens (tertiary/aromatic N) is 2. The minimum atomic E-state index is -1.01. The van der Waals surface area contributed by atoms with Gasteiger partial charge in [-0.1, -0.05) is 109 Å². The lowest BCUT2D eigenvalue weighted by atomic mass is 9.48. The Balaban J connectivity index is 1.11. The summed E-state index contributed by atoms with van der Waals surface area (Å²) in [5.74, 6) is 2.04. The number of nitro groups is 1. The predicted molar refractivity (Wildman–Crippen MR) is 205 cm³/mol. The quantitative estimate of drug-likeness (QED) is 0.0837. The van der Waals surface area contributed by atoms with Gasteiger partial charge in [0.05, 0.1) is 28.7 Å². The molecule has 2 aliphatic heterocycles. The number of nitro benzene ring substituents is 1. The molecule has 1 spiro atoms. The van der Waals surface area contributed by atoms with Crippen molar-refractivity contribution in [3.63, 3.8) is 0 Å². The molecule has 2 bridgehead atoms. The Morgan fingerprint density at radius 3 is 2.13 bits per heavy atom. The van der Waals surface area contributed by atoms with E-state index in [4.69, 9.17) is 14.2 Å². The topological polar surface area (TPSA) is 94.3 Å². The Hall–Kier alpha value is -5.02. The lowest BCUT2D eigenvalue weighted by Gasteiger charge is -2.64. The number of ether oxygens (including phenoxy) is 3. The standard InChI is InChI=1S/C46H44N2O6/c49-45-24-23-39(52-30-32-11-10-18-37(27-32)48(50)51)43-44(45)25-26-47(29-31-19-20-31)40(45)28-33-21-22-38(42(53-43)41(33)44)54-46(34-12-4-1-5-13-34,35-14-6-2-7-15-35)36-16-8-3-9-17-36/h1-18,21-22,27,31,39-40,43,49H,19-20,23-26,28-30H2/t39-,40-,43+,44+,45-/m1/s1. The number of hydrogen-bond acceptors (Lipinski definition) is 7. The fourth-order valence-corrected chi connectivity index (χ4v) is 10.5. The van der Waals surface area contributed by atoms with Crippen molar-refractivity contribution in [2.24, 2.45) is 5.92 Å². The highest BCUT2D eigenvalue weighted by molar-refractivity contribution is 5.64. The number of non-ortho nitro benzene ring substituents is 1. The Morgan fingerprint density at radius 2 is 1.50 bits per heavy atom. The van der Waals surface area contributed by atoms with E-state index in [1.807, 2.05) is 60.7 Å². The monoisotopic (exact) mass is 720 g/mol. The lowest BCUT2D eigenvalue weighted by molar-refractivity contribution is -0.385. The highest BCUT2D eigenvalue weighted by Gasteiger charge is 2.73. The van der Waals surface area contributed by atoms with Gasteiger partial charge in [-0.25, -0.2) is 0 Å². The first-order chi connectivity index (χ1) is 26.4. The molecule has 274 valence electrons. The van der Waals surface area contributed by atoms with Crippen LogP contribution in [0.2, 0.25) is 0 Å². The summed E-state index contributed by atoms with van der Waals surface area (Å²) in [7, 11) is 0. The molecule has 10 rings (SSSR count). The number of aliphatic hydroxyl groups is 1. The van der Waals surface area contributed by atoms with Crippen LogP contribution in [-0.2, 0) is 28.8 Å². The Bertz CT molecular complexity index is 2100. The van der Waals surface area contributed by atoms with Gasteiger partial charge in [0.25, 0.3) is 5.69 Å². The largest absolute Gasteiger partial charge is 0.482 e. The zero-order valence-corrected chi connectivity index (χ0v) is 30.2. The second-order valence-electron chi connectivity index (χ2n) is 16.0. The van der Waals surface area contributed by atoms with Gasteiger partial charge in [0.1, 0.15) is 6.10 Å². The molecule has 8 heteroatoms. The van der Waals surface area contributed by atoms with Gasteiger partial charge in [-0.15, -0.1) is 0 Å². The van der Waals surface area contributed by atoms with Crippen LogP contribution in [0.4, 0.5) is 5.69 Å². The normalized spacial score (nSPS) is 26.8. The molecule has 0 radical (unpaired) electrons. The molecule has 3 fully saturated rings. The molecule has 8 nitrogen and oxygen atoms in total. The molecule has 54 heavy (non-hydrogen) atoms. The molecule has 1 N–H and O–H groups in total. The van der Waals surface area contributed by atoms with E-state index in [1.54, 1.807) is 12.1 Å². The third kappa shape index (κ3) is 5.07. The summed E-state index contributed by atoms with van der Waals surface area (Å²) in [6.45, 7) is 2.12. The Kier molecular flexibility index (Phi) is 7.95. The predicted octanol–water partition coefficient (Wildman–Crippen LogP) is 8.12. The van der Waals surface area contributed by atoms with E-state index in [0.717, 1.165) is 53.7 Å². The number of hydrogen-bond donors (Lipinski definition) is 1. The number of piperidine rings is 1. The second-order valence-corrected chi connectivity index (χ2v) is 16.0. The molecule has 2 saturated carbocycles. The fraction of sp³-hybridized carbons (Fsp3) is 0.348. The van der Waals surface area contributed by atoms with Crippen molar-refractivity contribution in [2.45, 2.75) is 80.0 Å². The highest BCUT2D eigenvalue weighted by atomic mass is 16.6. The van der Waals surface area contributed by atoms with Crippen molar-refractivity contribution in [3.05, 3.63) is 171 Å². The van der Waals surface area contributed by atoms with Gasteiger partial charge < -0.3 is 19.3 Å². The van der Waals surface area contributed by atoms with Crippen LogP contribution in [0.1, 0.15) is 65.5 Å². The summed E-state index contributed by atoms with van der Waals surface area (Å²) in [6.07, 6.45) is 4.44. The Morgan fingerprint density at radius 1 is 0.833 bits per heavy atom. The molecule has 1 saturated heterocycles. The van der Waals surface area contributed by atoms with E-state index in [2.05, 4.69) is 53.4 Å². The zero-order chi connectivity index (χ0) is 36.5. The SMILES string of the molecule is O=[N+]([O-])c1cccc(CO[C@@H]2CC[C@@]3(O)[C@H]4Cc5ccc(OC(c6ccccc6)(c6ccccc6)c6ccccc6)c6c5[C@@]3(CCN4CC3CC3)[C@H]2O6)c1. The van der Waals surface area contributed by atoms with Crippen LogP contribution in [0, 0.1) is 16.0 Å². The van der Waals surface area contributed by atoms with Gasteiger partial charge in [-0.05, 0) is 68.2 Å². The number of likely N-dealkylation sites (tertiary alicyclic amines) is 1. The van der Waals surface area contributed by atoms with Crippen LogP contribution in [0.15, 0.2) is 127 Å². The third-order valence-corrected chi connectivity index (χ3v) is 13.1. The summed E-state index contributed by atoms with van der Waals surface area (Å²) in [4.78, 5) is 13.8. The van der Waals surface area contributed by atoms with E-state index in [1.165, 1.54) is 24.5 Å². The second kappa shape index (κ2) is 12.8. The van der Waals surface area contributed by atoms with Gasteiger partial charge in [0.15, 0.2) is 17.1 Å². The van der Waals surface area contributed by atoms with Crippen LogP contribution in [0.5, 0.6) is 11.5 Å². The Labute approximate surface area is 315 Å². The average Bonchev–Trinajstić information content (AvgIpc) is 3.96. The van der Waals surface area contributed by atoms with E-state index >= 15 is 0 Å². The van der Waals surface area contributed by atoms with Crippen LogP contribution >= 0.6 is 0 Å². The van der Waals surface area contributed by atoms with Gasteiger partial charge in [0, 0.05) is 47.0 Å². The van der Waals surface area contributed by atoms with E-state index in [9.17, 15) is 15.2 Å². The number of rotatable bonds is 11. The lowest BCUT2D eigenvalue weighted by Crippen LogP contribution is -2.77. The van der Waals surface area contributed by atoms with Crippen molar-refractivity contribution >= 4 is 5.69 Å². The average molecular weight is 721 g/mol. The third-order valence-electron chi connectivity index (χ3n) is 13.1. The molecule has 5 aliphatic rings. The summed E-state index contributed by atoms with van der Waals surface area (Å²) < 4.78 is 21.6. The maximum Gasteiger partial charge on any atom is 0.269 e.